The summed E-state index contributed by atoms with van der Waals surface area (Å²) in [7, 11) is 3.54. The van der Waals surface area contributed by atoms with Crippen molar-refractivity contribution >= 4 is 22.6 Å². The Hall–Kier alpha value is -2.96. The fourth-order valence-electron chi connectivity index (χ4n) is 5.67. The highest BCUT2D eigenvalue weighted by molar-refractivity contribution is 6.01. The van der Waals surface area contributed by atoms with E-state index in [4.69, 9.17) is 4.74 Å². The highest BCUT2D eigenvalue weighted by Crippen LogP contribution is 2.44. The summed E-state index contributed by atoms with van der Waals surface area (Å²) in [6.45, 7) is 2.08. The number of ether oxygens (including phenoxy) is 1. The smallest absolute Gasteiger partial charge is 0.253 e. The summed E-state index contributed by atoms with van der Waals surface area (Å²) >= 11 is 0. The molecule has 1 unspecified atom stereocenters. The van der Waals surface area contributed by atoms with E-state index in [1.165, 1.54) is 24.8 Å². The minimum atomic E-state index is -0.449. The van der Waals surface area contributed by atoms with Crippen LogP contribution >= 0.6 is 0 Å². The molecule has 1 atom stereocenters. The van der Waals surface area contributed by atoms with Gasteiger partial charge in [0, 0.05) is 43.7 Å². The summed E-state index contributed by atoms with van der Waals surface area (Å²) in [5.41, 5.74) is 5.14. The van der Waals surface area contributed by atoms with Crippen LogP contribution in [0.2, 0.25) is 0 Å². The third kappa shape index (κ3) is 4.78. The zero-order valence-electron chi connectivity index (χ0n) is 20.8. The van der Waals surface area contributed by atoms with Crippen LogP contribution in [-0.2, 0) is 16.1 Å². The molecular formula is C29H35N3O3. The average Bonchev–Trinajstić information content (AvgIpc) is 3.22. The first-order valence-corrected chi connectivity index (χ1v) is 12.8. The summed E-state index contributed by atoms with van der Waals surface area (Å²) in [5, 5.41) is 4.43. The average molecular weight is 474 g/mol. The Labute approximate surface area is 207 Å². The number of benzene rings is 2. The summed E-state index contributed by atoms with van der Waals surface area (Å²) in [4.78, 5) is 27.9. The quantitative estimate of drug-likeness (QED) is 0.568. The fraction of sp³-hybridized carbons (Fsp3) is 0.448. The molecule has 2 heterocycles. The van der Waals surface area contributed by atoms with Gasteiger partial charge in [0.1, 0.15) is 6.10 Å². The van der Waals surface area contributed by atoms with Crippen LogP contribution in [0.15, 0.2) is 48.5 Å². The van der Waals surface area contributed by atoms with Crippen LogP contribution in [0.3, 0.4) is 0 Å². The Morgan fingerprint density at radius 1 is 1.06 bits per heavy atom. The Morgan fingerprint density at radius 3 is 2.51 bits per heavy atom. The molecule has 5 rings (SSSR count). The SMILES string of the molecule is CN(C)C(=O)c1ccc2c(C3CCCCC3)c(-c3ccccc3)n(CC(=O)C3CNCCO3)c2c1. The first-order chi connectivity index (χ1) is 17.0. The molecule has 6 nitrogen and oxygen atoms in total. The molecule has 35 heavy (non-hydrogen) atoms. The van der Waals surface area contributed by atoms with Gasteiger partial charge in [-0.1, -0.05) is 55.7 Å². The van der Waals surface area contributed by atoms with Crippen LogP contribution in [0.25, 0.3) is 22.2 Å². The maximum atomic E-state index is 13.4. The summed E-state index contributed by atoms with van der Waals surface area (Å²) in [5.74, 6) is 0.470. The first-order valence-electron chi connectivity index (χ1n) is 12.8. The van der Waals surface area contributed by atoms with E-state index >= 15 is 0 Å². The molecule has 1 saturated heterocycles. The molecule has 0 radical (unpaired) electrons. The molecule has 1 N–H and O–H groups in total. The van der Waals surface area contributed by atoms with Crippen molar-refractivity contribution in [3.63, 3.8) is 0 Å². The third-order valence-electron chi connectivity index (χ3n) is 7.42. The van der Waals surface area contributed by atoms with Crippen molar-refractivity contribution < 1.29 is 14.3 Å². The predicted octanol–water partition coefficient (Wildman–Crippen LogP) is 4.62. The number of nitrogens with one attached hydrogen (secondary N) is 1. The molecule has 1 aliphatic carbocycles. The molecule has 2 aromatic carbocycles. The van der Waals surface area contributed by atoms with E-state index in [1.807, 2.05) is 18.2 Å². The van der Waals surface area contributed by atoms with E-state index in [0.717, 1.165) is 41.5 Å². The van der Waals surface area contributed by atoms with Crippen molar-refractivity contribution in [1.29, 1.82) is 0 Å². The Kier molecular flexibility index (Phi) is 7.02. The third-order valence-corrected chi connectivity index (χ3v) is 7.42. The van der Waals surface area contributed by atoms with E-state index in [-0.39, 0.29) is 18.2 Å². The van der Waals surface area contributed by atoms with E-state index < -0.39 is 6.10 Å². The van der Waals surface area contributed by atoms with E-state index in [1.54, 1.807) is 19.0 Å². The van der Waals surface area contributed by atoms with Crippen LogP contribution in [0, 0.1) is 0 Å². The van der Waals surface area contributed by atoms with E-state index in [9.17, 15) is 9.59 Å². The normalized spacial score (nSPS) is 19.1. The van der Waals surface area contributed by atoms with Crippen molar-refractivity contribution in [2.45, 2.75) is 50.7 Å². The molecule has 6 heteroatoms. The minimum absolute atomic E-state index is 0.0359. The highest BCUT2D eigenvalue weighted by Gasteiger charge is 2.29. The molecule has 0 spiro atoms. The predicted molar refractivity (Wildman–Crippen MR) is 139 cm³/mol. The Bertz CT molecular complexity index is 1200. The molecule has 0 bridgehead atoms. The van der Waals surface area contributed by atoms with Gasteiger partial charge >= 0.3 is 0 Å². The van der Waals surface area contributed by atoms with Crippen molar-refractivity contribution in [3.05, 3.63) is 59.7 Å². The number of morpholine rings is 1. The number of hydrogen-bond donors (Lipinski definition) is 1. The van der Waals surface area contributed by atoms with Crippen LogP contribution in [0.1, 0.15) is 53.9 Å². The second kappa shape index (κ2) is 10.3. The molecule has 1 aromatic heterocycles. The summed E-state index contributed by atoms with van der Waals surface area (Å²) < 4.78 is 7.95. The van der Waals surface area contributed by atoms with Gasteiger partial charge < -0.3 is 19.5 Å². The lowest BCUT2D eigenvalue weighted by molar-refractivity contribution is -0.132. The number of hydrogen-bond acceptors (Lipinski definition) is 4. The number of nitrogens with zero attached hydrogens (tertiary/aromatic N) is 2. The number of aromatic nitrogens is 1. The number of amides is 1. The van der Waals surface area contributed by atoms with Crippen molar-refractivity contribution in [2.75, 3.05) is 33.8 Å². The number of rotatable bonds is 6. The fourth-order valence-corrected chi connectivity index (χ4v) is 5.67. The largest absolute Gasteiger partial charge is 0.368 e. The van der Waals surface area contributed by atoms with Gasteiger partial charge in [-0.2, -0.15) is 0 Å². The molecule has 3 aromatic rings. The van der Waals surface area contributed by atoms with Crippen molar-refractivity contribution in [2.24, 2.45) is 0 Å². The second-order valence-corrected chi connectivity index (χ2v) is 10.0. The lowest BCUT2D eigenvalue weighted by Gasteiger charge is -2.25. The van der Waals surface area contributed by atoms with Crippen LogP contribution in [0.5, 0.6) is 0 Å². The van der Waals surface area contributed by atoms with E-state index in [0.29, 0.717) is 24.6 Å². The topological polar surface area (TPSA) is 63.6 Å². The van der Waals surface area contributed by atoms with Gasteiger partial charge in [-0.15, -0.1) is 0 Å². The van der Waals surface area contributed by atoms with E-state index in [2.05, 4.69) is 40.2 Å². The van der Waals surface area contributed by atoms with Gasteiger partial charge in [-0.25, -0.2) is 0 Å². The lowest BCUT2D eigenvalue weighted by atomic mass is 9.81. The van der Waals surface area contributed by atoms with Crippen molar-refractivity contribution in [1.82, 2.24) is 14.8 Å². The Morgan fingerprint density at radius 2 is 1.83 bits per heavy atom. The molecule has 2 fully saturated rings. The van der Waals surface area contributed by atoms with Crippen LogP contribution in [0.4, 0.5) is 0 Å². The maximum absolute atomic E-state index is 13.4. The van der Waals surface area contributed by atoms with Gasteiger partial charge in [0.15, 0.2) is 5.78 Å². The zero-order valence-corrected chi connectivity index (χ0v) is 20.8. The van der Waals surface area contributed by atoms with Gasteiger partial charge in [-0.3, -0.25) is 9.59 Å². The standard InChI is InChI=1S/C29H35N3O3/c1-31(2)29(34)22-13-14-23-24(17-22)32(19-25(33)26-18-30-15-16-35-26)28(21-11-7-4-8-12-21)27(23)20-9-5-3-6-10-20/h4,7-8,11-14,17,20,26,30H,3,5-6,9-10,15-16,18-19H2,1-2H3. The molecule has 1 aliphatic heterocycles. The molecule has 1 amide bonds. The molecule has 2 aliphatic rings. The number of carbonyl (C=O) groups excluding carboxylic acids is 2. The van der Waals surface area contributed by atoms with Gasteiger partial charge in [0.05, 0.1) is 18.8 Å². The van der Waals surface area contributed by atoms with Gasteiger partial charge in [-0.05, 0) is 42.0 Å². The molecule has 184 valence electrons. The minimum Gasteiger partial charge on any atom is -0.368 e. The lowest BCUT2D eigenvalue weighted by Crippen LogP contribution is -2.44. The summed E-state index contributed by atoms with van der Waals surface area (Å²) in [6.07, 6.45) is 5.59. The number of fused-ring (bicyclic) bond motifs is 1. The molecular weight excluding hydrogens is 438 g/mol. The number of ketones is 1. The Balaban J connectivity index is 1.71. The first kappa shape index (κ1) is 23.8. The monoisotopic (exact) mass is 473 g/mol. The number of carbonyl (C=O) groups is 2. The van der Waals surface area contributed by atoms with Gasteiger partial charge in [0.2, 0.25) is 0 Å². The highest BCUT2D eigenvalue weighted by atomic mass is 16.5. The van der Waals surface area contributed by atoms with Crippen molar-refractivity contribution in [3.8, 4) is 11.3 Å². The van der Waals surface area contributed by atoms with Crippen LogP contribution in [-0.4, -0.2) is 61.1 Å². The summed E-state index contributed by atoms with van der Waals surface area (Å²) in [6, 6.07) is 16.4. The molecule has 1 saturated carbocycles. The number of Topliss-reactive ketones (excluding diaryl/α,β-unsaturated/α-hetero) is 1. The second-order valence-electron chi connectivity index (χ2n) is 10.0. The van der Waals surface area contributed by atoms with Gasteiger partial charge in [0.25, 0.3) is 5.91 Å². The maximum Gasteiger partial charge on any atom is 0.253 e. The van der Waals surface area contributed by atoms with Crippen LogP contribution < -0.4 is 5.32 Å². The zero-order chi connectivity index (χ0) is 24.4.